The van der Waals surface area contributed by atoms with Crippen molar-refractivity contribution in [1.82, 2.24) is 4.90 Å². The quantitative estimate of drug-likeness (QED) is 0.861. The van der Waals surface area contributed by atoms with E-state index in [-0.39, 0.29) is 17.9 Å². The van der Waals surface area contributed by atoms with Crippen LogP contribution in [0.2, 0.25) is 0 Å². The lowest BCUT2D eigenvalue weighted by molar-refractivity contribution is 0.0762. The number of hydrogen-bond acceptors (Lipinski definition) is 2. The van der Waals surface area contributed by atoms with Gasteiger partial charge in [-0.05, 0) is 31.5 Å². The molecule has 1 saturated heterocycles. The van der Waals surface area contributed by atoms with Crippen molar-refractivity contribution >= 4 is 37.8 Å². The SMILES string of the molecule is CC(O)C1CCN(C(=O)c2cc(Br)cc(Br)c2)C1. The predicted molar refractivity (Wildman–Crippen MR) is 77.5 cm³/mol. The summed E-state index contributed by atoms with van der Waals surface area (Å²) in [6, 6.07) is 5.55. The second kappa shape index (κ2) is 5.72. The number of carbonyl (C=O) groups is 1. The van der Waals surface area contributed by atoms with Crippen molar-refractivity contribution in [3.63, 3.8) is 0 Å². The minimum Gasteiger partial charge on any atom is -0.393 e. The van der Waals surface area contributed by atoms with Crippen LogP contribution in [0.5, 0.6) is 0 Å². The molecule has 1 fully saturated rings. The molecular weight excluding hydrogens is 362 g/mol. The van der Waals surface area contributed by atoms with Crippen LogP contribution in [-0.4, -0.2) is 35.1 Å². The molecule has 2 atom stereocenters. The lowest BCUT2D eigenvalue weighted by atomic mass is 10.0. The van der Waals surface area contributed by atoms with Gasteiger partial charge in [-0.15, -0.1) is 0 Å². The zero-order chi connectivity index (χ0) is 13.3. The van der Waals surface area contributed by atoms with Crippen LogP contribution < -0.4 is 0 Å². The highest BCUT2D eigenvalue weighted by Gasteiger charge is 2.29. The fourth-order valence-electron chi connectivity index (χ4n) is 2.23. The monoisotopic (exact) mass is 375 g/mol. The summed E-state index contributed by atoms with van der Waals surface area (Å²) in [5, 5.41) is 9.56. The number of carbonyl (C=O) groups excluding carboxylic acids is 1. The van der Waals surface area contributed by atoms with E-state index in [0.29, 0.717) is 12.1 Å². The van der Waals surface area contributed by atoms with Gasteiger partial charge in [0.25, 0.3) is 5.91 Å². The number of aliphatic hydroxyl groups excluding tert-OH is 1. The summed E-state index contributed by atoms with van der Waals surface area (Å²) in [5.74, 6) is 0.227. The van der Waals surface area contributed by atoms with Gasteiger partial charge in [0.1, 0.15) is 0 Å². The van der Waals surface area contributed by atoms with Crippen molar-refractivity contribution in [3.05, 3.63) is 32.7 Å². The van der Waals surface area contributed by atoms with E-state index in [1.807, 2.05) is 23.1 Å². The molecule has 2 rings (SSSR count). The van der Waals surface area contributed by atoms with E-state index in [9.17, 15) is 9.90 Å². The van der Waals surface area contributed by atoms with Crippen LogP contribution in [0.3, 0.4) is 0 Å². The zero-order valence-electron chi connectivity index (χ0n) is 10.1. The van der Waals surface area contributed by atoms with E-state index in [2.05, 4.69) is 31.9 Å². The largest absolute Gasteiger partial charge is 0.393 e. The topological polar surface area (TPSA) is 40.5 Å². The Balaban J connectivity index is 2.12. The van der Waals surface area contributed by atoms with E-state index in [1.165, 1.54) is 0 Å². The molecule has 1 aliphatic heterocycles. The normalized spacial score (nSPS) is 21.1. The van der Waals surface area contributed by atoms with Gasteiger partial charge in [-0.2, -0.15) is 0 Å². The standard InChI is InChI=1S/C13H15Br2NO2/c1-8(17)9-2-3-16(7-9)13(18)10-4-11(14)6-12(15)5-10/h4-6,8-9,17H,2-3,7H2,1H3. The minimum atomic E-state index is -0.350. The Labute approximate surface area is 123 Å². The number of hydrogen-bond donors (Lipinski definition) is 1. The summed E-state index contributed by atoms with van der Waals surface area (Å²) in [7, 11) is 0. The molecule has 3 nitrogen and oxygen atoms in total. The van der Waals surface area contributed by atoms with Crippen LogP contribution in [0, 0.1) is 5.92 Å². The van der Waals surface area contributed by atoms with Crippen LogP contribution >= 0.6 is 31.9 Å². The summed E-state index contributed by atoms with van der Waals surface area (Å²) in [6.45, 7) is 3.15. The van der Waals surface area contributed by atoms with Crippen molar-refractivity contribution in [2.75, 3.05) is 13.1 Å². The molecule has 18 heavy (non-hydrogen) atoms. The third-order valence-corrected chi connectivity index (χ3v) is 4.22. The minimum absolute atomic E-state index is 0.0279. The lowest BCUT2D eigenvalue weighted by Gasteiger charge is -2.18. The molecule has 1 aliphatic rings. The molecule has 98 valence electrons. The second-order valence-corrected chi connectivity index (χ2v) is 6.53. The number of aliphatic hydroxyl groups is 1. The average Bonchev–Trinajstić information content (AvgIpc) is 2.75. The highest BCUT2D eigenvalue weighted by molar-refractivity contribution is 9.11. The second-order valence-electron chi connectivity index (χ2n) is 4.70. The van der Waals surface area contributed by atoms with Gasteiger partial charge < -0.3 is 10.0 Å². The Kier molecular flexibility index (Phi) is 4.45. The van der Waals surface area contributed by atoms with Crippen LogP contribution in [0.4, 0.5) is 0 Å². The summed E-state index contributed by atoms with van der Waals surface area (Å²) < 4.78 is 1.76. The fraction of sp³-hybridized carbons (Fsp3) is 0.462. The van der Waals surface area contributed by atoms with Crippen LogP contribution in [-0.2, 0) is 0 Å². The predicted octanol–water partition coefficient (Wildman–Crippen LogP) is 3.05. The van der Waals surface area contributed by atoms with E-state index in [4.69, 9.17) is 0 Å². The number of nitrogens with zero attached hydrogens (tertiary/aromatic N) is 1. The molecule has 1 N–H and O–H groups in total. The summed E-state index contributed by atoms with van der Waals surface area (Å²) in [4.78, 5) is 14.1. The van der Waals surface area contributed by atoms with Crippen LogP contribution in [0.25, 0.3) is 0 Å². The first kappa shape index (κ1) is 14.0. The van der Waals surface area contributed by atoms with E-state index < -0.39 is 0 Å². The first-order chi connectivity index (χ1) is 8.47. The number of halogens is 2. The summed E-state index contributed by atoms with van der Waals surface area (Å²) >= 11 is 6.77. The highest BCUT2D eigenvalue weighted by atomic mass is 79.9. The van der Waals surface area contributed by atoms with Gasteiger partial charge in [-0.3, -0.25) is 4.79 Å². The van der Waals surface area contributed by atoms with Gasteiger partial charge in [0.05, 0.1) is 6.10 Å². The third kappa shape index (κ3) is 3.13. The zero-order valence-corrected chi connectivity index (χ0v) is 13.2. The molecule has 1 aromatic rings. The van der Waals surface area contributed by atoms with Gasteiger partial charge in [-0.1, -0.05) is 31.9 Å². The van der Waals surface area contributed by atoms with Crippen LogP contribution in [0.15, 0.2) is 27.1 Å². The number of rotatable bonds is 2. The smallest absolute Gasteiger partial charge is 0.253 e. The molecule has 5 heteroatoms. The fourth-order valence-corrected chi connectivity index (χ4v) is 3.52. The Morgan fingerprint density at radius 2 is 2.00 bits per heavy atom. The summed E-state index contributed by atoms with van der Waals surface area (Å²) in [6.07, 6.45) is 0.524. The molecule has 2 unspecified atom stereocenters. The molecule has 1 amide bonds. The van der Waals surface area contributed by atoms with Crippen LogP contribution in [0.1, 0.15) is 23.7 Å². The number of benzene rings is 1. The lowest BCUT2D eigenvalue weighted by Crippen LogP contribution is -2.30. The maximum Gasteiger partial charge on any atom is 0.253 e. The van der Waals surface area contributed by atoms with Gasteiger partial charge in [0.15, 0.2) is 0 Å². The molecular formula is C13H15Br2NO2. The molecule has 0 bridgehead atoms. The average molecular weight is 377 g/mol. The maximum absolute atomic E-state index is 12.3. The van der Waals surface area contributed by atoms with E-state index in [0.717, 1.165) is 21.9 Å². The van der Waals surface area contributed by atoms with Crippen molar-refractivity contribution in [2.45, 2.75) is 19.4 Å². The van der Waals surface area contributed by atoms with Crippen molar-refractivity contribution in [3.8, 4) is 0 Å². The number of likely N-dealkylation sites (tertiary alicyclic amines) is 1. The van der Waals surface area contributed by atoms with Gasteiger partial charge in [0.2, 0.25) is 0 Å². The Bertz CT molecular complexity index is 442. The molecule has 1 heterocycles. The molecule has 1 aromatic carbocycles. The first-order valence-electron chi connectivity index (χ1n) is 5.91. The summed E-state index contributed by atoms with van der Waals surface area (Å²) in [5.41, 5.74) is 0.669. The molecule has 0 spiro atoms. The number of amides is 1. The molecule has 0 radical (unpaired) electrons. The molecule has 0 aromatic heterocycles. The Hall–Kier alpha value is -0.390. The molecule has 0 saturated carbocycles. The molecule has 0 aliphatic carbocycles. The highest BCUT2D eigenvalue weighted by Crippen LogP contribution is 2.25. The Morgan fingerprint density at radius 1 is 1.39 bits per heavy atom. The van der Waals surface area contributed by atoms with Gasteiger partial charge >= 0.3 is 0 Å². The van der Waals surface area contributed by atoms with Crippen molar-refractivity contribution < 1.29 is 9.90 Å². The first-order valence-corrected chi connectivity index (χ1v) is 7.49. The van der Waals surface area contributed by atoms with Gasteiger partial charge in [0, 0.05) is 33.5 Å². The van der Waals surface area contributed by atoms with E-state index >= 15 is 0 Å². The van der Waals surface area contributed by atoms with Crippen molar-refractivity contribution in [2.24, 2.45) is 5.92 Å². The van der Waals surface area contributed by atoms with E-state index in [1.54, 1.807) is 6.92 Å². The van der Waals surface area contributed by atoms with Crippen molar-refractivity contribution in [1.29, 1.82) is 0 Å². The maximum atomic E-state index is 12.3. The third-order valence-electron chi connectivity index (χ3n) is 3.30. The van der Waals surface area contributed by atoms with Gasteiger partial charge in [-0.25, -0.2) is 0 Å². The Morgan fingerprint density at radius 3 is 2.50 bits per heavy atom.